The van der Waals surface area contributed by atoms with Gasteiger partial charge in [0.15, 0.2) is 0 Å². The minimum atomic E-state index is -3.36. The van der Waals surface area contributed by atoms with Crippen LogP contribution >= 0.6 is 8.77 Å². The molecule has 0 N–H and O–H groups in total. The van der Waals surface area contributed by atoms with E-state index in [-0.39, 0.29) is 39.0 Å². The lowest BCUT2D eigenvalue weighted by molar-refractivity contribution is 0.0395. The first-order valence-electron chi connectivity index (χ1n) is 4.47. The SMILES string of the molecule is C#CCOCC(COCC#C)COP(F)F. The van der Waals surface area contributed by atoms with Crippen LogP contribution in [0.5, 0.6) is 0 Å². The van der Waals surface area contributed by atoms with Gasteiger partial charge in [-0.05, 0) is 0 Å². The molecule has 16 heavy (non-hydrogen) atoms. The van der Waals surface area contributed by atoms with Crippen molar-refractivity contribution in [3.05, 3.63) is 0 Å². The molecule has 0 aromatic rings. The van der Waals surface area contributed by atoms with Gasteiger partial charge in [0.25, 0.3) is 0 Å². The van der Waals surface area contributed by atoms with E-state index in [0.29, 0.717) is 0 Å². The lowest BCUT2D eigenvalue weighted by Gasteiger charge is -2.15. The molecular formula is C10H13F2O3P. The van der Waals surface area contributed by atoms with E-state index in [9.17, 15) is 8.39 Å². The van der Waals surface area contributed by atoms with E-state index < -0.39 is 8.77 Å². The predicted molar refractivity (Wildman–Crippen MR) is 57.9 cm³/mol. The third-order valence-electron chi connectivity index (χ3n) is 1.49. The van der Waals surface area contributed by atoms with E-state index in [0.717, 1.165) is 0 Å². The molecule has 6 heteroatoms. The summed E-state index contributed by atoms with van der Waals surface area (Å²) in [6.45, 7) is 0.543. The van der Waals surface area contributed by atoms with E-state index in [4.69, 9.17) is 22.3 Å². The minimum Gasteiger partial charge on any atom is -0.368 e. The summed E-state index contributed by atoms with van der Waals surface area (Å²) in [5.74, 6) is 4.26. The van der Waals surface area contributed by atoms with E-state index in [2.05, 4.69) is 16.4 Å². The van der Waals surface area contributed by atoms with E-state index >= 15 is 0 Å². The topological polar surface area (TPSA) is 27.7 Å². The number of halogens is 2. The zero-order chi connectivity index (χ0) is 12.2. The summed E-state index contributed by atoms with van der Waals surface area (Å²) in [6, 6.07) is 0. The van der Waals surface area contributed by atoms with Gasteiger partial charge in [-0.1, -0.05) is 11.8 Å². The molecule has 0 spiro atoms. The first-order valence-corrected chi connectivity index (χ1v) is 5.51. The Labute approximate surface area is 95.5 Å². The van der Waals surface area contributed by atoms with Crippen molar-refractivity contribution >= 4 is 8.77 Å². The fourth-order valence-corrected chi connectivity index (χ4v) is 1.20. The van der Waals surface area contributed by atoms with Gasteiger partial charge in [0.2, 0.25) is 0 Å². The van der Waals surface area contributed by atoms with Crippen molar-refractivity contribution in [3.8, 4) is 24.7 Å². The summed E-state index contributed by atoms with van der Waals surface area (Å²) in [7, 11) is -3.36. The average Bonchev–Trinajstić information content (AvgIpc) is 2.25. The lowest BCUT2D eigenvalue weighted by Crippen LogP contribution is -2.21. The summed E-state index contributed by atoms with van der Waals surface area (Å²) >= 11 is 0. The van der Waals surface area contributed by atoms with Crippen LogP contribution < -0.4 is 0 Å². The van der Waals surface area contributed by atoms with Gasteiger partial charge >= 0.3 is 8.77 Å². The quantitative estimate of drug-likeness (QED) is 0.356. The van der Waals surface area contributed by atoms with E-state index in [1.165, 1.54) is 0 Å². The Morgan fingerprint density at radius 3 is 1.88 bits per heavy atom. The van der Waals surface area contributed by atoms with Crippen molar-refractivity contribution in [2.45, 2.75) is 0 Å². The van der Waals surface area contributed by atoms with Crippen LogP contribution in [0.4, 0.5) is 8.39 Å². The Balaban J connectivity index is 3.77. The number of terminal acetylenes is 2. The Bertz CT molecular complexity index is 227. The third kappa shape index (κ3) is 9.83. The molecule has 0 aliphatic carbocycles. The minimum absolute atomic E-state index is 0.131. The van der Waals surface area contributed by atoms with Crippen molar-refractivity contribution in [1.82, 2.24) is 0 Å². The Morgan fingerprint density at radius 1 is 1.00 bits per heavy atom. The second kappa shape index (κ2) is 10.8. The molecule has 0 fully saturated rings. The van der Waals surface area contributed by atoms with Crippen LogP contribution in [0.1, 0.15) is 0 Å². The van der Waals surface area contributed by atoms with Crippen LogP contribution in [0, 0.1) is 30.6 Å². The van der Waals surface area contributed by atoms with Crippen LogP contribution in [-0.2, 0) is 14.0 Å². The molecule has 0 unspecified atom stereocenters. The van der Waals surface area contributed by atoms with Gasteiger partial charge in [-0.25, -0.2) is 0 Å². The van der Waals surface area contributed by atoms with Gasteiger partial charge in [-0.3, -0.25) is 0 Å². The van der Waals surface area contributed by atoms with Crippen LogP contribution in [0.3, 0.4) is 0 Å². The maximum Gasteiger partial charge on any atom is 0.415 e. The van der Waals surface area contributed by atoms with Crippen molar-refractivity contribution in [1.29, 1.82) is 0 Å². The van der Waals surface area contributed by atoms with Crippen molar-refractivity contribution in [3.63, 3.8) is 0 Å². The summed E-state index contributed by atoms with van der Waals surface area (Å²) in [5.41, 5.74) is 0. The molecule has 0 aliphatic heterocycles. The normalized spacial score (nSPS) is 10.4. The molecule has 0 aliphatic rings. The molecule has 0 amide bonds. The summed E-state index contributed by atoms with van der Waals surface area (Å²) < 4.78 is 38.0. The fraction of sp³-hybridized carbons (Fsp3) is 0.600. The number of hydrogen-bond acceptors (Lipinski definition) is 3. The van der Waals surface area contributed by atoms with E-state index in [1.807, 2.05) is 0 Å². The zero-order valence-electron chi connectivity index (χ0n) is 8.70. The lowest BCUT2D eigenvalue weighted by atomic mass is 10.2. The summed E-state index contributed by atoms with van der Waals surface area (Å²) in [5, 5.41) is 0. The molecule has 0 aromatic carbocycles. The molecule has 0 heterocycles. The van der Waals surface area contributed by atoms with Gasteiger partial charge in [-0.2, -0.15) is 8.39 Å². The predicted octanol–water partition coefficient (Wildman–Crippen LogP) is 2.08. The Kier molecular flexibility index (Phi) is 10.3. The Morgan fingerprint density at radius 2 is 1.50 bits per heavy atom. The highest BCUT2D eigenvalue weighted by atomic mass is 31.2. The third-order valence-corrected chi connectivity index (χ3v) is 1.83. The van der Waals surface area contributed by atoms with Gasteiger partial charge < -0.3 is 14.0 Å². The fourth-order valence-electron chi connectivity index (χ4n) is 0.875. The molecule has 0 rings (SSSR count). The van der Waals surface area contributed by atoms with Crippen LogP contribution in [0.25, 0.3) is 0 Å². The highest BCUT2D eigenvalue weighted by Gasteiger charge is 2.14. The largest absolute Gasteiger partial charge is 0.415 e. The first kappa shape index (κ1) is 15.3. The Hall–Kier alpha value is -0.710. The second-order valence-electron chi connectivity index (χ2n) is 2.80. The molecule has 0 saturated carbocycles. The molecule has 0 radical (unpaired) electrons. The highest BCUT2D eigenvalue weighted by molar-refractivity contribution is 7.40. The maximum absolute atomic E-state index is 11.9. The van der Waals surface area contributed by atoms with Gasteiger partial charge in [0, 0.05) is 5.92 Å². The molecule has 0 aromatic heterocycles. The smallest absolute Gasteiger partial charge is 0.368 e. The molecule has 3 nitrogen and oxygen atoms in total. The monoisotopic (exact) mass is 250 g/mol. The van der Waals surface area contributed by atoms with Gasteiger partial charge in [-0.15, -0.1) is 12.8 Å². The zero-order valence-corrected chi connectivity index (χ0v) is 9.59. The summed E-state index contributed by atoms with van der Waals surface area (Å²) in [6.07, 6.45) is 9.96. The molecule has 0 bridgehead atoms. The molecule has 0 saturated heterocycles. The van der Waals surface area contributed by atoms with Crippen molar-refractivity contribution in [2.24, 2.45) is 5.92 Å². The number of ether oxygens (including phenoxy) is 2. The highest BCUT2D eigenvalue weighted by Crippen LogP contribution is 2.40. The van der Waals surface area contributed by atoms with Crippen LogP contribution in [-0.4, -0.2) is 33.0 Å². The molecule has 0 atom stereocenters. The molecule has 90 valence electrons. The van der Waals surface area contributed by atoms with Crippen LogP contribution in [0.15, 0.2) is 0 Å². The molecular weight excluding hydrogens is 237 g/mol. The standard InChI is InChI=1S/C10H13F2O3P/c1-3-5-13-7-10(8-14-6-4-2)9-15-16(11)12/h1-2,10H,5-9H2. The van der Waals surface area contributed by atoms with E-state index in [1.54, 1.807) is 0 Å². The first-order chi connectivity index (χ1) is 7.70. The number of hydrogen-bond donors (Lipinski definition) is 0. The van der Waals surface area contributed by atoms with Gasteiger partial charge in [0.1, 0.15) is 13.2 Å². The van der Waals surface area contributed by atoms with Crippen molar-refractivity contribution < 1.29 is 22.4 Å². The van der Waals surface area contributed by atoms with Crippen molar-refractivity contribution in [2.75, 3.05) is 33.0 Å². The second-order valence-corrected chi connectivity index (χ2v) is 3.46. The van der Waals surface area contributed by atoms with Crippen LogP contribution in [0.2, 0.25) is 0 Å². The number of rotatable bonds is 9. The van der Waals surface area contributed by atoms with Gasteiger partial charge in [0.05, 0.1) is 19.8 Å². The average molecular weight is 250 g/mol. The summed E-state index contributed by atoms with van der Waals surface area (Å²) in [4.78, 5) is 0. The maximum atomic E-state index is 11.9.